The molecule has 0 unspecified atom stereocenters. The van der Waals surface area contributed by atoms with E-state index in [9.17, 15) is 0 Å². The van der Waals surface area contributed by atoms with E-state index in [0.29, 0.717) is 0 Å². The van der Waals surface area contributed by atoms with Crippen LogP contribution in [0.1, 0.15) is 0 Å². The summed E-state index contributed by atoms with van der Waals surface area (Å²) in [4.78, 5) is 4.52. The average molecular weight is 244 g/mol. The van der Waals surface area contributed by atoms with E-state index in [4.69, 9.17) is 4.42 Å². The highest BCUT2D eigenvalue weighted by molar-refractivity contribution is 5.96. The van der Waals surface area contributed by atoms with Crippen LogP contribution in [0.15, 0.2) is 65.4 Å². The van der Waals surface area contributed by atoms with Gasteiger partial charge in [0.2, 0.25) is 0 Å². The zero-order valence-corrected chi connectivity index (χ0v) is 10.1. The lowest BCUT2D eigenvalue weighted by Gasteiger charge is -2.05. The Kier molecular flexibility index (Phi) is 2.15. The molecule has 2 aromatic heterocycles. The summed E-state index contributed by atoms with van der Waals surface area (Å²) < 4.78 is 5.37. The Morgan fingerprint density at radius 1 is 1.05 bits per heavy atom. The van der Waals surface area contributed by atoms with Gasteiger partial charge >= 0.3 is 0 Å². The third-order valence-electron chi connectivity index (χ3n) is 3.31. The van der Waals surface area contributed by atoms with Gasteiger partial charge in [-0.1, -0.05) is 18.2 Å². The van der Waals surface area contributed by atoms with Crippen LogP contribution in [0.5, 0.6) is 0 Å². The van der Waals surface area contributed by atoms with Crippen molar-refractivity contribution in [3.63, 3.8) is 0 Å². The summed E-state index contributed by atoms with van der Waals surface area (Å²) in [6, 6.07) is 19.3. The van der Waals surface area contributed by atoms with Crippen LogP contribution in [0, 0.1) is 6.07 Å². The molecule has 0 fully saturated rings. The molecule has 0 aliphatic rings. The van der Waals surface area contributed by atoms with Crippen LogP contribution in [0.4, 0.5) is 0 Å². The molecule has 0 spiro atoms. The Labute approximate surface area is 110 Å². The summed E-state index contributed by atoms with van der Waals surface area (Å²) in [7, 11) is 0. The number of fused-ring (bicyclic) bond motifs is 2. The maximum Gasteiger partial charge on any atom is 0.133 e. The Bertz CT molecular complexity index is 871. The summed E-state index contributed by atoms with van der Waals surface area (Å²) >= 11 is 0. The van der Waals surface area contributed by atoms with Crippen LogP contribution in [-0.2, 0) is 0 Å². The lowest BCUT2D eigenvalue weighted by molar-refractivity contribution is 0.616. The summed E-state index contributed by atoms with van der Waals surface area (Å²) in [6.07, 6.45) is 3.53. The number of hydrogen-bond acceptors (Lipinski definition) is 2. The molecule has 0 bridgehead atoms. The molecule has 0 atom stereocenters. The van der Waals surface area contributed by atoms with Crippen molar-refractivity contribution in [3.8, 4) is 11.3 Å². The van der Waals surface area contributed by atoms with Crippen molar-refractivity contribution in [1.29, 1.82) is 0 Å². The molecule has 0 N–H and O–H groups in total. The van der Waals surface area contributed by atoms with E-state index in [-0.39, 0.29) is 0 Å². The number of benzene rings is 2. The number of nitrogens with zero attached hydrogens (tertiary/aromatic N) is 1. The molecule has 0 saturated heterocycles. The molecule has 0 aliphatic carbocycles. The van der Waals surface area contributed by atoms with E-state index in [1.54, 1.807) is 6.26 Å². The molecule has 0 amide bonds. The number of furan rings is 1. The van der Waals surface area contributed by atoms with Gasteiger partial charge < -0.3 is 4.42 Å². The van der Waals surface area contributed by atoms with E-state index in [0.717, 1.165) is 33.0 Å². The van der Waals surface area contributed by atoms with E-state index in [1.807, 2.05) is 42.6 Å². The fourth-order valence-electron chi connectivity index (χ4n) is 2.39. The highest BCUT2D eigenvalue weighted by Gasteiger charge is 2.06. The first-order valence-electron chi connectivity index (χ1n) is 6.15. The van der Waals surface area contributed by atoms with Gasteiger partial charge in [0.25, 0.3) is 0 Å². The topological polar surface area (TPSA) is 26.0 Å². The monoisotopic (exact) mass is 244 g/mol. The molecule has 89 valence electrons. The summed E-state index contributed by atoms with van der Waals surface area (Å²) in [6.45, 7) is 0. The van der Waals surface area contributed by atoms with Gasteiger partial charge in [-0.15, -0.1) is 0 Å². The molecule has 2 aromatic carbocycles. The largest absolute Gasteiger partial charge is 0.464 e. The van der Waals surface area contributed by atoms with Gasteiger partial charge in [-0.25, -0.2) is 0 Å². The lowest BCUT2D eigenvalue weighted by atomic mass is 10.0. The second-order valence-electron chi connectivity index (χ2n) is 4.46. The van der Waals surface area contributed by atoms with Crippen molar-refractivity contribution in [2.75, 3.05) is 0 Å². The maximum atomic E-state index is 5.37. The Balaban J connectivity index is 2.03. The van der Waals surface area contributed by atoms with Gasteiger partial charge in [0, 0.05) is 22.5 Å². The summed E-state index contributed by atoms with van der Waals surface area (Å²) in [5.74, 6) is 0. The Morgan fingerprint density at radius 3 is 3.05 bits per heavy atom. The average Bonchev–Trinajstić information content (AvgIpc) is 2.94. The molecule has 2 heterocycles. The van der Waals surface area contributed by atoms with Crippen molar-refractivity contribution in [2.45, 2.75) is 0 Å². The van der Waals surface area contributed by atoms with Crippen LogP contribution in [0.25, 0.3) is 33.0 Å². The molecular weight excluding hydrogens is 234 g/mol. The van der Waals surface area contributed by atoms with Gasteiger partial charge in [0.15, 0.2) is 0 Å². The van der Waals surface area contributed by atoms with Crippen molar-refractivity contribution in [2.24, 2.45) is 0 Å². The minimum Gasteiger partial charge on any atom is -0.464 e. The summed E-state index contributed by atoms with van der Waals surface area (Å²) in [5, 5.41) is 3.30. The predicted molar refractivity (Wildman–Crippen MR) is 75.8 cm³/mol. The zero-order valence-electron chi connectivity index (χ0n) is 10.1. The number of rotatable bonds is 1. The van der Waals surface area contributed by atoms with Crippen LogP contribution in [0.3, 0.4) is 0 Å². The molecule has 2 nitrogen and oxygen atoms in total. The van der Waals surface area contributed by atoms with Crippen LogP contribution in [0.2, 0.25) is 0 Å². The van der Waals surface area contributed by atoms with Crippen molar-refractivity contribution >= 4 is 21.7 Å². The highest BCUT2D eigenvalue weighted by atomic mass is 16.3. The third-order valence-corrected chi connectivity index (χ3v) is 3.31. The van der Waals surface area contributed by atoms with Gasteiger partial charge in [0.1, 0.15) is 5.58 Å². The minimum absolute atomic E-state index is 0.899. The predicted octanol–water partition coefficient (Wildman–Crippen LogP) is 4.45. The van der Waals surface area contributed by atoms with Crippen molar-refractivity contribution < 1.29 is 4.42 Å². The van der Waals surface area contributed by atoms with Gasteiger partial charge in [-0.2, -0.15) is 0 Å². The van der Waals surface area contributed by atoms with Crippen LogP contribution < -0.4 is 0 Å². The van der Waals surface area contributed by atoms with E-state index < -0.39 is 0 Å². The first-order chi connectivity index (χ1) is 9.42. The number of pyridine rings is 1. The van der Waals surface area contributed by atoms with E-state index >= 15 is 0 Å². The van der Waals surface area contributed by atoms with Crippen molar-refractivity contribution in [3.05, 3.63) is 67.1 Å². The molecule has 19 heavy (non-hydrogen) atoms. The number of hydrogen-bond donors (Lipinski definition) is 0. The maximum absolute atomic E-state index is 5.37. The molecule has 4 aromatic rings. The van der Waals surface area contributed by atoms with E-state index in [1.165, 1.54) is 0 Å². The highest BCUT2D eigenvalue weighted by Crippen LogP contribution is 2.28. The molecule has 2 heteroatoms. The molecule has 0 saturated carbocycles. The fourth-order valence-corrected chi connectivity index (χ4v) is 2.39. The van der Waals surface area contributed by atoms with Crippen molar-refractivity contribution in [1.82, 2.24) is 4.98 Å². The Morgan fingerprint density at radius 2 is 2.05 bits per heavy atom. The smallest absolute Gasteiger partial charge is 0.133 e. The van der Waals surface area contributed by atoms with E-state index in [2.05, 4.69) is 23.2 Å². The standard InChI is InChI=1S/C17H10NO/c1-2-4-15-12(3-1)7-9-18-17(15)14-5-6-16-13(11-14)8-10-19-16/h1-2,4-11H. The quantitative estimate of drug-likeness (QED) is 0.494. The summed E-state index contributed by atoms with van der Waals surface area (Å²) in [5.41, 5.74) is 2.98. The van der Waals surface area contributed by atoms with Gasteiger partial charge in [0.05, 0.1) is 12.0 Å². The first-order valence-corrected chi connectivity index (χ1v) is 6.15. The fraction of sp³-hybridized carbons (Fsp3) is 0. The molecular formula is C17H10NO. The molecule has 1 radical (unpaired) electrons. The van der Waals surface area contributed by atoms with Gasteiger partial charge in [-0.05, 0) is 41.8 Å². The third kappa shape index (κ3) is 1.61. The minimum atomic E-state index is 0.899. The van der Waals surface area contributed by atoms with Crippen LogP contribution >= 0.6 is 0 Å². The normalized spacial score (nSPS) is 11.2. The molecule has 4 rings (SSSR count). The SMILES string of the molecule is [c]1cccc2c(-c3ccc4occc4c3)nccc12. The molecule has 0 aliphatic heterocycles. The first kappa shape index (κ1) is 10.3. The lowest BCUT2D eigenvalue weighted by Crippen LogP contribution is -1.85. The van der Waals surface area contributed by atoms with Gasteiger partial charge in [-0.3, -0.25) is 4.98 Å². The number of aromatic nitrogens is 1. The Hall–Kier alpha value is -2.61. The second kappa shape index (κ2) is 3.95. The zero-order chi connectivity index (χ0) is 12.7. The second-order valence-corrected chi connectivity index (χ2v) is 4.46. The van der Waals surface area contributed by atoms with Crippen LogP contribution in [-0.4, -0.2) is 4.98 Å².